The van der Waals surface area contributed by atoms with Crippen LogP contribution in [0, 0.1) is 5.92 Å². The second kappa shape index (κ2) is 17.3. The second-order valence-electron chi connectivity index (χ2n) is 19.0. The van der Waals surface area contributed by atoms with Crippen LogP contribution in [-0.2, 0) is 30.1 Å². The van der Waals surface area contributed by atoms with E-state index < -0.39 is 23.1 Å². The monoisotopic (exact) mass is 831 g/mol. The van der Waals surface area contributed by atoms with Crippen molar-refractivity contribution in [2.24, 2.45) is 5.92 Å². The Morgan fingerprint density at radius 2 is 1.37 bits per heavy atom. The molecule has 0 amide bonds. The maximum atomic E-state index is 12.3. The third-order valence-corrected chi connectivity index (χ3v) is 13.6. The molecule has 4 aliphatic rings. The Kier molecular flexibility index (Phi) is 11.7. The van der Waals surface area contributed by atoms with Gasteiger partial charge in [0.05, 0.1) is 12.8 Å². The molecule has 7 nitrogen and oxygen atoms in total. The van der Waals surface area contributed by atoms with Crippen LogP contribution in [0.1, 0.15) is 126 Å². The van der Waals surface area contributed by atoms with Gasteiger partial charge in [-0.25, -0.2) is 0 Å². The van der Waals surface area contributed by atoms with Gasteiger partial charge in [0.15, 0.2) is 5.60 Å². The topological polar surface area (TPSA) is 74.3 Å². The minimum atomic E-state index is -0.916. The molecule has 2 heterocycles. The third kappa shape index (κ3) is 8.11. The normalized spacial score (nSPS) is 19.5. The van der Waals surface area contributed by atoms with E-state index in [0.717, 1.165) is 54.1 Å². The maximum absolute atomic E-state index is 12.3. The zero-order chi connectivity index (χ0) is 42.9. The van der Waals surface area contributed by atoms with Gasteiger partial charge in [-0.1, -0.05) is 118 Å². The molecule has 0 bridgehead atoms. The van der Waals surface area contributed by atoms with Crippen molar-refractivity contribution in [3.8, 4) is 22.6 Å². The average molecular weight is 832 g/mol. The molecule has 1 saturated carbocycles. The number of anilines is 1. The number of carbonyl (C=O) groups is 2. The first-order chi connectivity index (χ1) is 30.0. The molecule has 5 aromatic carbocycles. The predicted octanol–water partition coefficient (Wildman–Crippen LogP) is 12.5. The second-order valence-corrected chi connectivity index (χ2v) is 19.0. The number of rotatable bonds is 10. The number of hydrogen-bond donors (Lipinski definition) is 0. The smallest absolute Gasteiger partial charge is 0.306 e. The summed E-state index contributed by atoms with van der Waals surface area (Å²) in [4.78, 5) is 26.9. The van der Waals surface area contributed by atoms with Gasteiger partial charge in [0.1, 0.15) is 30.3 Å². The molecule has 0 radical (unpaired) electrons. The molecule has 7 heteroatoms. The number of esters is 2. The summed E-state index contributed by atoms with van der Waals surface area (Å²) in [6.45, 7) is 10.2. The highest BCUT2D eigenvalue weighted by atomic mass is 16.6. The average Bonchev–Trinajstić information content (AvgIpc) is 3.56. The Labute approximate surface area is 367 Å². The van der Waals surface area contributed by atoms with Crippen LogP contribution in [0.25, 0.3) is 28.0 Å². The molecule has 2 aliphatic heterocycles. The van der Waals surface area contributed by atoms with Gasteiger partial charge in [0.25, 0.3) is 0 Å². The molecule has 2 aliphatic carbocycles. The lowest BCUT2D eigenvalue weighted by Crippen LogP contribution is -2.36. The Morgan fingerprint density at radius 1 is 0.742 bits per heavy atom. The molecule has 1 spiro atoms. The molecule has 0 aromatic heterocycles. The summed E-state index contributed by atoms with van der Waals surface area (Å²) in [5.74, 6) is 1.49. The first-order valence-corrected chi connectivity index (χ1v) is 23.1. The van der Waals surface area contributed by atoms with E-state index >= 15 is 0 Å². The first-order valence-electron chi connectivity index (χ1n) is 23.1. The molecule has 0 N–H and O–H groups in total. The summed E-state index contributed by atoms with van der Waals surface area (Å²) in [5, 5.41) is 2.38. The van der Waals surface area contributed by atoms with Crippen LogP contribution in [0.5, 0.6) is 11.5 Å². The Hall–Kier alpha value is -5.56. The summed E-state index contributed by atoms with van der Waals surface area (Å²) < 4.78 is 24.5. The lowest BCUT2D eigenvalue weighted by atomic mass is 9.67. The zero-order valence-corrected chi connectivity index (χ0v) is 37.0. The molecule has 1 unspecified atom stereocenters. The Morgan fingerprint density at radius 3 is 2.08 bits per heavy atom. The van der Waals surface area contributed by atoms with Gasteiger partial charge in [0.2, 0.25) is 0 Å². The summed E-state index contributed by atoms with van der Waals surface area (Å²) >= 11 is 0. The van der Waals surface area contributed by atoms with Crippen molar-refractivity contribution in [1.82, 2.24) is 0 Å². The van der Waals surface area contributed by atoms with E-state index in [9.17, 15) is 9.59 Å². The van der Waals surface area contributed by atoms with E-state index in [1.165, 1.54) is 83.8 Å². The first kappa shape index (κ1) is 41.8. The third-order valence-electron chi connectivity index (χ3n) is 13.6. The van der Waals surface area contributed by atoms with E-state index in [-0.39, 0.29) is 31.5 Å². The number of carbonyl (C=O) groups excluding carboxylic acids is 2. The van der Waals surface area contributed by atoms with Crippen molar-refractivity contribution in [1.29, 1.82) is 0 Å². The summed E-state index contributed by atoms with van der Waals surface area (Å²) in [6.07, 6.45) is 15.6. The Bertz CT molecular complexity index is 2450. The molecule has 1 atom stereocenters. The standard InChI is InChI=1S/C55H61NO6/c1-38-29-34-56(35-30-38)41-22-18-39(19-23-41)55(40-20-24-42(25-21-40)59-36-37-60-48(57)26-27-49(58)61-53(2,3)4)33-28-46-51-50(43-14-8-9-15-44(43)52(46)62-55)45-16-10-11-17-47(45)54(51)31-12-6-5-7-13-32-54/h8-11,14-25,28,33,38H,5-7,12-13,26-27,29-32,34-37H2,1-4H3. The molecular formula is C55H61NO6. The van der Waals surface area contributed by atoms with Gasteiger partial charge in [0, 0.05) is 46.3 Å². The highest BCUT2D eigenvalue weighted by molar-refractivity contribution is 6.08. The number of benzene rings is 5. The molecule has 322 valence electrons. The lowest BCUT2D eigenvalue weighted by molar-refractivity contribution is -0.158. The molecule has 1 saturated heterocycles. The van der Waals surface area contributed by atoms with Crippen molar-refractivity contribution in [3.05, 3.63) is 131 Å². The molecule has 2 fully saturated rings. The van der Waals surface area contributed by atoms with E-state index in [0.29, 0.717) is 5.75 Å². The largest absolute Gasteiger partial charge is 0.490 e. The van der Waals surface area contributed by atoms with Crippen LogP contribution in [0.4, 0.5) is 5.69 Å². The summed E-state index contributed by atoms with van der Waals surface area (Å²) in [5.41, 5.74) is 8.63. The van der Waals surface area contributed by atoms with Crippen molar-refractivity contribution in [2.45, 2.75) is 115 Å². The molecular weight excluding hydrogens is 771 g/mol. The quantitative estimate of drug-likeness (QED) is 0.102. The van der Waals surface area contributed by atoms with E-state index in [1.807, 2.05) is 12.1 Å². The van der Waals surface area contributed by atoms with Gasteiger partial charge >= 0.3 is 11.9 Å². The van der Waals surface area contributed by atoms with E-state index in [4.69, 9.17) is 18.9 Å². The minimum Gasteiger partial charge on any atom is -0.490 e. The van der Waals surface area contributed by atoms with Crippen molar-refractivity contribution in [2.75, 3.05) is 31.2 Å². The molecule has 5 aromatic rings. The van der Waals surface area contributed by atoms with Gasteiger partial charge in [-0.15, -0.1) is 0 Å². The van der Waals surface area contributed by atoms with Crippen LogP contribution >= 0.6 is 0 Å². The number of hydrogen-bond acceptors (Lipinski definition) is 7. The van der Waals surface area contributed by atoms with Gasteiger partial charge in [-0.3, -0.25) is 9.59 Å². The van der Waals surface area contributed by atoms with Crippen LogP contribution in [0.15, 0.2) is 103 Å². The van der Waals surface area contributed by atoms with Crippen LogP contribution < -0.4 is 14.4 Å². The number of piperidine rings is 1. The molecule has 9 rings (SSSR count). The molecule has 62 heavy (non-hydrogen) atoms. The number of fused-ring (bicyclic) bond motifs is 10. The van der Waals surface area contributed by atoms with Crippen molar-refractivity contribution >= 4 is 34.5 Å². The lowest BCUT2D eigenvalue weighted by Gasteiger charge is -2.40. The minimum absolute atomic E-state index is 0.0196. The van der Waals surface area contributed by atoms with Gasteiger partial charge in [-0.2, -0.15) is 0 Å². The predicted molar refractivity (Wildman–Crippen MR) is 248 cm³/mol. The fourth-order valence-corrected chi connectivity index (χ4v) is 10.6. The number of nitrogens with zero attached hydrogens (tertiary/aromatic N) is 1. The van der Waals surface area contributed by atoms with E-state index in [2.05, 4.69) is 109 Å². The van der Waals surface area contributed by atoms with Crippen molar-refractivity contribution in [3.63, 3.8) is 0 Å². The summed E-state index contributed by atoms with van der Waals surface area (Å²) in [7, 11) is 0. The zero-order valence-electron chi connectivity index (χ0n) is 37.0. The van der Waals surface area contributed by atoms with Crippen LogP contribution in [0.3, 0.4) is 0 Å². The fraction of sp³-hybridized carbons (Fsp3) is 0.418. The highest BCUT2D eigenvalue weighted by Gasteiger charge is 2.48. The van der Waals surface area contributed by atoms with Crippen molar-refractivity contribution < 1.29 is 28.5 Å². The van der Waals surface area contributed by atoms with Crippen LogP contribution in [0.2, 0.25) is 0 Å². The highest BCUT2D eigenvalue weighted by Crippen LogP contribution is 2.61. The SMILES string of the molecule is CC1CCN(c2ccc(C3(c4ccc(OCCOC(=O)CCC(=O)OC(C)(C)C)cc4)C=Cc4c5c(c6ccccc6c4O3)-c3ccccc3C53CCCCCCC3)cc2)CC1. The maximum Gasteiger partial charge on any atom is 0.306 e. The number of ether oxygens (including phenoxy) is 4. The summed E-state index contributed by atoms with van der Waals surface area (Å²) in [6, 6.07) is 35.2. The van der Waals surface area contributed by atoms with Gasteiger partial charge < -0.3 is 23.8 Å². The Balaban J connectivity index is 1.05. The fourth-order valence-electron chi connectivity index (χ4n) is 10.6. The van der Waals surface area contributed by atoms with Crippen LogP contribution in [-0.4, -0.2) is 43.8 Å². The van der Waals surface area contributed by atoms with Gasteiger partial charge in [-0.05, 0) is 110 Å². The van der Waals surface area contributed by atoms with E-state index in [1.54, 1.807) is 20.8 Å².